The summed E-state index contributed by atoms with van der Waals surface area (Å²) < 4.78 is 13.8. The van der Waals surface area contributed by atoms with Gasteiger partial charge in [-0.3, -0.25) is 0 Å². The standard InChI is InChI=1S/C54H38O2Si2/c1-57(2)45-29-42-46(30-41(45)49-47(57)27-39(35-23-21-31-13-5-7-15-33(31)25-35)53-51(49)37-17-9-11-19-43(37)55-53)58(3,4)48-28-40(36-24-22-32-14-6-8-16-34(32)26-36)54-52(50(42)48)38-18-10-12-20-44(38)56-54/h5-30H,1-4H3. The first-order valence-corrected chi connectivity index (χ1v) is 26.4. The molecule has 0 spiro atoms. The molecule has 11 aromatic rings. The molecule has 0 radical (unpaired) electrons. The quantitative estimate of drug-likeness (QED) is 0.164. The summed E-state index contributed by atoms with van der Waals surface area (Å²) in [5.41, 5.74) is 14.2. The van der Waals surface area contributed by atoms with Crippen LogP contribution in [-0.2, 0) is 0 Å². The second-order valence-electron chi connectivity index (χ2n) is 17.6. The largest absolute Gasteiger partial charge is 0.455 e. The zero-order valence-electron chi connectivity index (χ0n) is 32.8. The molecule has 2 aromatic heterocycles. The third-order valence-electron chi connectivity index (χ3n) is 13.8. The van der Waals surface area contributed by atoms with Crippen LogP contribution < -0.4 is 20.7 Å². The van der Waals surface area contributed by atoms with Crippen LogP contribution in [0, 0.1) is 0 Å². The Labute approximate surface area is 338 Å². The van der Waals surface area contributed by atoms with Gasteiger partial charge in [-0.05, 0) is 99.9 Å². The van der Waals surface area contributed by atoms with Crippen LogP contribution in [0.1, 0.15) is 0 Å². The molecule has 274 valence electrons. The highest BCUT2D eigenvalue weighted by Gasteiger charge is 2.46. The molecule has 58 heavy (non-hydrogen) atoms. The molecule has 0 bridgehead atoms. The maximum absolute atomic E-state index is 6.92. The molecule has 2 nitrogen and oxygen atoms in total. The Morgan fingerprint density at radius 2 is 0.724 bits per heavy atom. The molecule has 0 aliphatic carbocycles. The molecule has 13 rings (SSSR count). The molecular formula is C54H38O2Si2. The van der Waals surface area contributed by atoms with Crippen molar-refractivity contribution in [2.75, 3.05) is 0 Å². The Bertz CT molecular complexity index is 3400. The molecule has 0 amide bonds. The minimum Gasteiger partial charge on any atom is -0.455 e. The molecule has 0 unspecified atom stereocenters. The molecule has 2 aliphatic heterocycles. The highest BCUT2D eigenvalue weighted by molar-refractivity contribution is 7.06. The molecule has 0 N–H and O–H groups in total. The van der Waals surface area contributed by atoms with Crippen molar-refractivity contribution < 1.29 is 8.83 Å². The fourth-order valence-corrected chi connectivity index (χ4v) is 16.9. The van der Waals surface area contributed by atoms with E-state index in [1.807, 2.05) is 0 Å². The summed E-state index contributed by atoms with van der Waals surface area (Å²) in [4.78, 5) is 0. The summed E-state index contributed by atoms with van der Waals surface area (Å²) in [6.07, 6.45) is 0. The number of benzene rings is 9. The highest BCUT2D eigenvalue weighted by atomic mass is 28.3. The van der Waals surface area contributed by atoms with Gasteiger partial charge in [-0.15, -0.1) is 0 Å². The van der Waals surface area contributed by atoms with Gasteiger partial charge in [-0.2, -0.15) is 0 Å². The molecular weight excluding hydrogens is 737 g/mol. The summed E-state index contributed by atoms with van der Waals surface area (Å²) in [6, 6.07) is 58.6. The number of para-hydroxylation sites is 2. The van der Waals surface area contributed by atoms with Crippen LogP contribution in [0.4, 0.5) is 0 Å². The second-order valence-corrected chi connectivity index (χ2v) is 26.3. The summed E-state index contributed by atoms with van der Waals surface area (Å²) in [7, 11) is -4.46. The Kier molecular flexibility index (Phi) is 6.26. The van der Waals surface area contributed by atoms with Gasteiger partial charge in [-0.1, -0.05) is 160 Å². The minimum absolute atomic E-state index is 0.944. The van der Waals surface area contributed by atoms with Gasteiger partial charge in [0.1, 0.15) is 38.5 Å². The molecule has 0 saturated heterocycles. The van der Waals surface area contributed by atoms with Crippen molar-refractivity contribution >= 4 is 102 Å². The van der Waals surface area contributed by atoms with Gasteiger partial charge in [0.15, 0.2) is 0 Å². The lowest BCUT2D eigenvalue weighted by atomic mass is 9.91. The predicted octanol–water partition coefficient (Wildman–Crippen LogP) is 12.7. The van der Waals surface area contributed by atoms with E-state index in [1.54, 1.807) is 0 Å². The summed E-state index contributed by atoms with van der Waals surface area (Å²) in [5, 5.41) is 15.9. The molecule has 2 aliphatic rings. The predicted molar refractivity (Wildman–Crippen MR) is 251 cm³/mol. The van der Waals surface area contributed by atoms with Crippen LogP contribution >= 0.6 is 0 Å². The van der Waals surface area contributed by atoms with E-state index in [0.29, 0.717) is 0 Å². The lowest BCUT2D eigenvalue weighted by Crippen LogP contribution is -2.51. The van der Waals surface area contributed by atoms with Crippen LogP contribution in [0.2, 0.25) is 26.2 Å². The van der Waals surface area contributed by atoms with Crippen LogP contribution in [0.15, 0.2) is 167 Å². The summed E-state index contributed by atoms with van der Waals surface area (Å²) in [5.74, 6) is 0. The Balaban J connectivity index is 1.10. The zero-order valence-corrected chi connectivity index (χ0v) is 34.8. The lowest BCUT2D eigenvalue weighted by Gasteiger charge is -2.22. The molecule has 0 atom stereocenters. The van der Waals surface area contributed by atoms with Crippen molar-refractivity contribution in [3.05, 3.63) is 158 Å². The number of furan rings is 2. The third-order valence-corrected chi connectivity index (χ3v) is 20.8. The van der Waals surface area contributed by atoms with E-state index in [0.717, 1.165) is 22.3 Å². The van der Waals surface area contributed by atoms with Crippen molar-refractivity contribution in [1.82, 2.24) is 0 Å². The van der Waals surface area contributed by atoms with E-state index in [4.69, 9.17) is 8.83 Å². The number of rotatable bonds is 2. The van der Waals surface area contributed by atoms with E-state index >= 15 is 0 Å². The minimum atomic E-state index is -2.23. The van der Waals surface area contributed by atoms with Gasteiger partial charge in [0.2, 0.25) is 0 Å². The van der Waals surface area contributed by atoms with E-state index in [-0.39, 0.29) is 0 Å². The Morgan fingerprint density at radius 1 is 0.345 bits per heavy atom. The highest BCUT2D eigenvalue weighted by Crippen LogP contribution is 2.48. The lowest BCUT2D eigenvalue weighted by molar-refractivity contribution is 0.670. The average Bonchev–Trinajstić information content (AvgIpc) is 3.95. The monoisotopic (exact) mass is 774 g/mol. The number of hydrogen-bond acceptors (Lipinski definition) is 2. The van der Waals surface area contributed by atoms with Crippen molar-refractivity contribution in [2.24, 2.45) is 0 Å². The zero-order chi connectivity index (χ0) is 38.7. The maximum Gasteiger partial charge on any atom is 0.143 e. The number of hydrogen-bond donors (Lipinski definition) is 0. The normalized spacial score (nSPS) is 14.8. The first-order chi connectivity index (χ1) is 28.3. The number of fused-ring (bicyclic) bond motifs is 16. The van der Waals surface area contributed by atoms with Crippen molar-refractivity contribution in [3.63, 3.8) is 0 Å². The van der Waals surface area contributed by atoms with Crippen LogP contribution in [0.5, 0.6) is 0 Å². The van der Waals surface area contributed by atoms with Crippen LogP contribution in [-0.4, -0.2) is 16.1 Å². The van der Waals surface area contributed by atoms with Crippen molar-refractivity contribution in [2.45, 2.75) is 26.2 Å². The Morgan fingerprint density at radius 3 is 1.17 bits per heavy atom. The van der Waals surface area contributed by atoms with Crippen LogP contribution in [0.25, 0.3) is 110 Å². The first-order valence-electron chi connectivity index (χ1n) is 20.4. The van der Waals surface area contributed by atoms with Gasteiger partial charge >= 0.3 is 0 Å². The molecule has 0 saturated carbocycles. The van der Waals surface area contributed by atoms with Gasteiger partial charge < -0.3 is 8.83 Å². The smallest absolute Gasteiger partial charge is 0.143 e. The SMILES string of the molecule is C[Si]1(C)c2cc3c(cc2-c2c1cc(-c1ccc4ccccc4c1)c1oc4ccccc4c21)[Si](C)(C)c1cc(-c2ccc4ccccc4c2)c2oc4ccccc4c2c1-3. The van der Waals surface area contributed by atoms with E-state index in [9.17, 15) is 0 Å². The van der Waals surface area contributed by atoms with Gasteiger partial charge in [0, 0.05) is 32.7 Å². The fraction of sp³-hybridized carbons (Fsp3) is 0.0741. The molecule has 4 heteroatoms. The topological polar surface area (TPSA) is 26.3 Å². The van der Waals surface area contributed by atoms with Crippen LogP contribution in [0.3, 0.4) is 0 Å². The van der Waals surface area contributed by atoms with E-state index in [2.05, 4.69) is 184 Å². The first kappa shape index (κ1) is 32.6. The Hall–Kier alpha value is -6.47. The van der Waals surface area contributed by atoms with Gasteiger partial charge in [0.25, 0.3) is 0 Å². The van der Waals surface area contributed by atoms with Gasteiger partial charge in [0.05, 0.1) is 0 Å². The fourth-order valence-electron chi connectivity index (χ4n) is 10.8. The van der Waals surface area contributed by atoms with Crippen molar-refractivity contribution in [1.29, 1.82) is 0 Å². The van der Waals surface area contributed by atoms with E-state index < -0.39 is 16.1 Å². The second kappa shape index (κ2) is 11.1. The van der Waals surface area contributed by atoms with E-state index in [1.165, 1.54) is 108 Å². The summed E-state index contributed by atoms with van der Waals surface area (Å²) in [6.45, 7) is 10.2. The third kappa shape index (κ3) is 4.16. The van der Waals surface area contributed by atoms with Gasteiger partial charge in [-0.25, -0.2) is 0 Å². The summed E-state index contributed by atoms with van der Waals surface area (Å²) >= 11 is 0. The molecule has 0 fully saturated rings. The van der Waals surface area contributed by atoms with Crippen molar-refractivity contribution in [3.8, 4) is 44.5 Å². The maximum atomic E-state index is 6.92. The molecule has 9 aromatic carbocycles. The average molecular weight is 775 g/mol. The molecule has 4 heterocycles.